The number of nitrogens with zero attached hydrogens (tertiary/aromatic N) is 3. The lowest BCUT2D eigenvalue weighted by Gasteiger charge is -2.22. The molecule has 3 aromatic heterocycles. The lowest BCUT2D eigenvalue weighted by Crippen LogP contribution is -2.36. The first-order chi connectivity index (χ1) is 15.7. The molecule has 0 saturated heterocycles. The monoisotopic (exact) mass is 428 g/mol. The maximum absolute atomic E-state index is 14.0. The smallest absolute Gasteiger partial charge is 0.271 e. The Hall–Kier alpha value is -3.54. The zero-order chi connectivity index (χ0) is 21.9. The van der Waals surface area contributed by atoms with E-state index in [0.29, 0.717) is 17.8 Å². The van der Waals surface area contributed by atoms with Crippen molar-refractivity contribution < 1.29 is 9.18 Å². The Labute approximate surface area is 186 Å². The number of amides is 1. The van der Waals surface area contributed by atoms with Gasteiger partial charge in [0.15, 0.2) is 0 Å². The van der Waals surface area contributed by atoms with E-state index in [4.69, 9.17) is 0 Å². The molecule has 32 heavy (non-hydrogen) atoms. The van der Waals surface area contributed by atoms with Gasteiger partial charge in [-0.1, -0.05) is 43.5 Å². The highest BCUT2D eigenvalue weighted by Gasteiger charge is 2.19. The van der Waals surface area contributed by atoms with Crippen molar-refractivity contribution in [2.45, 2.75) is 44.6 Å². The molecule has 1 fully saturated rings. The van der Waals surface area contributed by atoms with Crippen molar-refractivity contribution in [2.75, 3.05) is 0 Å². The molecular weight excluding hydrogens is 403 g/mol. The summed E-state index contributed by atoms with van der Waals surface area (Å²) in [5, 5.41) is 7.68. The average molecular weight is 429 g/mol. The van der Waals surface area contributed by atoms with Crippen LogP contribution in [0.2, 0.25) is 0 Å². The maximum atomic E-state index is 14.0. The Balaban J connectivity index is 1.39. The molecule has 0 unspecified atom stereocenters. The van der Waals surface area contributed by atoms with Crippen molar-refractivity contribution in [3.63, 3.8) is 0 Å². The Kier molecular flexibility index (Phi) is 5.67. The van der Waals surface area contributed by atoms with E-state index in [-0.39, 0.29) is 17.8 Å². The van der Waals surface area contributed by atoms with Crippen molar-refractivity contribution in [2.24, 2.45) is 0 Å². The minimum Gasteiger partial charge on any atom is -0.348 e. The molecule has 3 heterocycles. The minimum absolute atomic E-state index is 0.116. The number of carbonyl (C=O) groups is 1. The fourth-order valence-corrected chi connectivity index (χ4v) is 4.45. The summed E-state index contributed by atoms with van der Waals surface area (Å²) in [6.45, 7) is 0. The van der Waals surface area contributed by atoms with Gasteiger partial charge < -0.3 is 5.32 Å². The van der Waals surface area contributed by atoms with Crippen LogP contribution in [0.3, 0.4) is 0 Å². The van der Waals surface area contributed by atoms with Crippen LogP contribution in [-0.2, 0) is 6.42 Å². The van der Waals surface area contributed by atoms with Crippen molar-refractivity contribution in [1.82, 2.24) is 19.9 Å². The molecule has 162 valence electrons. The SMILES string of the molecule is O=C(NC1CCCCC1)c1cc(Cc2ccc(-c3ncccc3F)cc2)c2cccn2n1. The Morgan fingerprint density at radius 1 is 1.06 bits per heavy atom. The van der Waals surface area contributed by atoms with Gasteiger partial charge in [0.25, 0.3) is 5.91 Å². The number of hydrogen-bond donors (Lipinski definition) is 1. The summed E-state index contributed by atoms with van der Waals surface area (Å²) in [4.78, 5) is 17.0. The van der Waals surface area contributed by atoms with E-state index in [9.17, 15) is 9.18 Å². The molecule has 5 rings (SSSR count). The normalized spacial score (nSPS) is 14.5. The zero-order valence-electron chi connectivity index (χ0n) is 17.8. The number of carbonyl (C=O) groups excluding carboxylic acids is 1. The van der Waals surface area contributed by atoms with Crippen molar-refractivity contribution in [3.05, 3.63) is 89.6 Å². The molecule has 5 nitrogen and oxygen atoms in total. The zero-order valence-corrected chi connectivity index (χ0v) is 17.8. The number of aromatic nitrogens is 3. The van der Waals surface area contributed by atoms with Gasteiger partial charge in [-0.25, -0.2) is 8.91 Å². The van der Waals surface area contributed by atoms with Crippen LogP contribution in [0.5, 0.6) is 0 Å². The summed E-state index contributed by atoms with van der Waals surface area (Å²) >= 11 is 0. The quantitative estimate of drug-likeness (QED) is 0.476. The molecular formula is C26H25FN4O. The number of benzene rings is 1. The van der Waals surface area contributed by atoms with Gasteiger partial charge in [-0.05, 0) is 60.7 Å². The van der Waals surface area contributed by atoms with Crippen LogP contribution in [-0.4, -0.2) is 26.5 Å². The van der Waals surface area contributed by atoms with E-state index < -0.39 is 0 Å². The Bertz CT molecular complexity index is 1240. The molecule has 0 atom stereocenters. The van der Waals surface area contributed by atoms with Crippen LogP contribution in [0, 0.1) is 5.82 Å². The summed E-state index contributed by atoms with van der Waals surface area (Å²) in [6, 6.07) is 16.8. The second kappa shape index (κ2) is 8.91. The second-order valence-corrected chi connectivity index (χ2v) is 8.41. The third-order valence-corrected chi connectivity index (χ3v) is 6.14. The summed E-state index contributed by atoms with van der Waals surface area (Å²) in [5.74, 6) is -0.451. The predicted octanol–water partition coefficient (Wildman–Crippen LogP) is 5.19. The molecule has 4 aromatic rings. The van der Waals surface area contributed by atoms with Gasteiger partial charge in [0.05, 0.1) is 5.52 Å². The molecule has 0 aliphatic heterocycles. The van der Waals surface area contributed by atoms with E-state index in [0.717, 1.165) is 35.0 Å². The minimum atomic E-state index is -0.335. The average Bonchev–Trinajstić information content (AvgIpc) is 3.30. The maximum Gasteiger partial charge on any atom is 0.271 e. The number of nitrogens with one attached hydrogen (secondary N) is 1. The van der Waals surface area contributed by atoms with E-state index in [1.54, 1.807) is 16.8 Å². The van der Waals surface area contributed by atoms with Gasteiger partial charge >= 0.3 is 0 Å². The van der Waals surface area contributed by atoms with Crippen LogP contribution >= 0.6 is 0 Å². The number of hydrogen-bond acceptors (Lipinski definition) is 3. The van der Waals surface area contributed by atoms with Crippen LogP contribution in [0.25, 0.3) is 16.8 Å². The number of pyridine rings is 1. The van der Waals surface area contributed by atoms with Gasteiger partial charge in [-0.2, -0.15) is 5.10 Å². The van der Waals surface area contributed by atoms with Crippen LogP contribution in [0.4, 0.5) is 4.39 Å². The first-order valence-corrected chi connectivity index (χ1v) is 11.2. The molecule has 0 radical (unpaired) electrons. The predicted molar refractivity (Wildman–Crippen MR) is 122 cm³/mol. The molecule has 1 aromatic carbocycles. The number of rotatable bonds is 5. The lowest BCUT2D eigenvalue weighted by atomic mass is 9.95. The van der Waals surface area contributed by atoms with Gasteiger partial charge in [0.2, 0.25) is 0 Å². The summed E-state index contributed by atoms with van der Waals surface area (Å²) in [7, 11) is 0. The summed E-state index contributed by atoms with van der Waals surface area (Å²) in [6.07, 6.45) is 9.74. The van der Waals surface area contributed by atoms with E-state index in [1.165, 1.54) is 25.3 Å². The van der Waals surface area contributed by atoms with E-state index >= 15 is 0 Å². The van der Waals surface area contributed by atoms with E-state index in [1.807, 2.05) is 48.7 Å². The van der Waals surface area contributed by atoms with Crippen molar-refractivity contribution >= 4 is 11.4 Å². The lowest BCUT2D eigenvalue weighted by molar-refractivity contribution is 0.0921. The van der Waals surface area contributed by atoms with Gasteiger partial charge in [0, 0.05) is 24.0 Å². The molecule has 0 bridgehead atoms. The first-order valence-electron chi connectivity index (χ1n) is 11.2. The van der Waals surface area contributed by atoms with Crippen LogP contribution < -0.4 is 5.32 Å². The largest absolute Gasteiger partial charge is 0.348 e. The molecule has 1 N–H and O–H groups in total. The highest BCUT2D eigenvalue weighted by atomic mass is 19.1. The molecule has 1 aliphatic carbocycles. The third-order valence-electron chi connectivity index (χ3n) is 6.14. The first kappa shape index (κ1) is 20.4. The summed E-state index contributed by atoms with van der Waals surface area (Å²) in [5.41, 5.74) is 4.58. The summed E-state index contributed by atoms with van der Waals surface area (Å²) < 4.78 is 15.8. The molecule has 1 amide bonds. The van der Waals surface area contributed by atoms with Gasteiger partial charge in [-0.3, -0.25) is 9.78 Å². The van der Waals surface area contributed by atoms with E-state index in [2.05, 4.69) is 15.4 Å². The van der Waals surface area contributed by atoms with Crippen LogP contribution in [0.1, 0.15) is 53.7 Å². The van der Waals surface area contributed by atoms with Gasteiger partial charge in [-0.15, -0.1) is 0 Å². The fraction of sp³-hybridized carbons (Fsp3) is 0.269. The number of fused-ring (bicyclic) bond motifs is 1. The second-order valence-electron chi connectivity index (χ2n) is 8.41. The Morgan fingerprint density at radius 3 is 2.66 bits per heavy atom. The van der Waals surface area contributed by atoms with Crippen molar-refractivity contribution in [1.29, 1.82) is 0 Å². The highest BCUT2D eigenvalue weighted by molar-refractivity contribution is 5.93. The van der Waals surface area contributed by atoms with Crippen LogP contribution in [0.15, 0.2) is 67.0 Å². The van der Waals surface area contributed by atoms with Crippen molar-refractivity contribution in [3.8, 4) is 11.3 Å². The Morgan fingerprint density at radius 2 is 1.88 bits per heavy atom. The molecule has 0 spiro atoms. The molecule has 1 aliphatic rings. The third kappa shape index (κ3) is 4.26. The fourth-order valence-electron chi connectivity index (χ4n) is 4.45. The topological polar surface area (TPSA) is 59.3 Å². The highest BCUT2D eigenvalue weighted by Crippen LogP contribution is 2.23. The number of halogens is 1. The standard InChI is InChI=1S/C26H25FN4O/c27-22-8-4-14-28-25(22)19-12-10-18(11-13-19)16-20-17-23(30-31-15-5-9-24(20)31)26(32)29-21-6-2-1-3-7-21/h4-5,8-15,17,21H,1-3,6-7,16H2,(H,29,32). The molecule has 6 heteroatoms. The molecule has 1 saturated carbocycles. The van der Waals surface area contributed by atoms with Gasteiger partial charge in [0.1, 0.15) is 17.2 Å².